The monoisotopic (exact) mass is 380 g/mol. The Bertz CT molecular complexity index is 765. The molecule has 4 N–H and O–H groups in total. The highest BCUT2D eigenvalue weighted by Crippen LogP contribution is 2.17. The van der Waals surface area contributed by atoms with Crippen LogP contribution >= 0.6 is 0 Å². The van der Waals surface area contributed by atoms with E-state index in [4.69, 9.17) is 10.3 Å². The normalized spacial score (nSPS) is 12.2. The van der Waals surface area contributed by atoms with Gasteiger partial charge in [0.1, 0.15) is 0 Å². The fraction of sp³-hybridized carbons (Fsp3) is 0.500. The van der Waals surface area contributed by atoms with E-state index in [1.165, 1.54) is 12.1 Å². The third kappa shape index (κ3) is 8.96. The molecular weight excluding hydrogens is 356 g/mol. The molecule has 0 atom stereocenters. The van der Waals surface area contributed by atoms with Crippen molar-refractivity contribution in [3.8, 4) is 0 Å². The largest absolute Gasteiger partial charge is 0.370 e. The molecule has 1 amide bonds. The average Bonchev–Trinajstić information content (AvgIpc) is 2.35. The van der Waals surface area contributed by atoms with E-state index in [1.807, 2.05) is 6.92 Å². The Balaban J connectivity index is 0.000000754. The Morgan fingerprint density at radius 2 is 1.67 bits per heavy atom. The van der Waals surface area contributed by atoms with E-state index in [9.17, 15) is 21.6 Å². The first kappa shape index (κ1) is 22.5. The molecule has 0 unspecified atom stereocenters. The predicted molar refractivity (Wildman–Crippen MR) is 90.4 cm³/mol. The maximum Gasteiger partial charge on any atom is 0.294 e. The molecule has 10 heteroatoms. The lowest BCUT2D eigenvalue weighted by Crippen LogP contribution is -2.40. The van der Waals surface area contributed by atoms with Gasteiger partial charge < -0.3 is 5.73 Å². The van der Waals surface area contributed by atoms with Crippen molar-refractivity contribution < 1.29 is 26.2 Å². The van der Waals surface area contributed by atoms with Crippen molar-refractivity contribution in [2.24, 2.45) is 5.73 Å². The number of primary amides is 1. The third-order valence-electron chi connectivity index (χ3n) is 2.35. The summed E-state index contributed by atoms with van der Waals surface area (Å²) in [5.74, 6) is -0.211. The summed E-state index contributed by atoms with van der Waals surface area (Å²) >= 11 is 0. The average molecular weight is 380 g/mol. The lowest BCUT2D eigenvalue weighted by molar-refractivity contribution is -0.118. The summed E-state index contributed by atoms with van der Waals surface area (Å²) in [4.78, 5) is 9.15. The van der Waals surface area contributed by atoms with Crippen LogP contribution in [0.4, 0.5) is 0 Å². The summed E-state index contributed by atoms with van der Waals surface area (Å²) in [6.07, 6.45) is 1.37. The zero-order chi connectivity index (χ0) is 19.2. The fourth-order valence-corrected chi connectivity index (χ4v) is 3.58. The fourth-order valence-electron chi connectivity index (χ4n) is 1.51. The predicted octanol–water partition coefficient (Wildman–Crippen LogP) is 1.28. The Morgan fingerprint density at radius 1 is 1.17 bits per heavy atom. The van der Waals surface area contributed by atoms with Gasteiger partial charge in [0.05, 0.1) is 9.79 Å². The SMILES string of the molecule is CC(C)(C)NS(=O)(=O)c1cccc(S(=O)(=O)O)c1.CCCC(N)=O. The van der Waals surface area contributed by atoms with E-state index in [2.05, 4.69) is 4.72 Å². The highest BCUT2D eigenvalue weighted by atomic mass is 32.2. The van der Waals surface area contributed by atoms with E-state index in [0.717, 1.165) is 18.6 Å². The summed E-state index contributed by atoms with van der Waals surface area (Å²) in [5, 5.41) is 0. The summed E-state index contributed by atoms with van der Waals surface area (Å²) < 4.78 is 57.0. The highest BCUT2D eigenvalue weighted by molar-refractivity contribution is 7.89. The molecule has 0 fully saturated rings. The molecule has 0 aromatic heterocycles. The van der Waals surface area contributed by atoms with Crippen molar-refractivity contribution in [2.45, 2.75) is 55.9 Å². The van der Waals surface area contributed by atoms with Crippen molar-refractivity contribution in [1.82, 2.24) is 4.72 Å². The molecule has 0 saturated carbocycles. The van der Waals surface area contributed by atoms with Gasteiger partial charge >= 0.3 is 0 Å². The van der Waals surface area contributed by atoms with Gasteiger partial charge in [0.15, 0.2) is 0 Å². The quantitative estimate of drug-likeness (QED) is 0.656. The molecule has 0 spiro atoms. The number of hydrogen-bond donors (Lipinski definition) is 3. The molecule has 24 heavy (non-hydrogen) atoms. The molecule has 138 valence electrons. The minimum atomic E-state index is -4.42. The van der Waals surface area contributed by atoms with Crippen LogP contribution in [0.15, 0.2) is 34.1 Å². The molecule has 0 saturated heterocycles. The second-order valence-electron chi connectivity index (χ2n) is 6.02. The van der Waals surface area contributed by atoms with E-state index in [1.54, 1.807) is 20.8 Å². The van der Waals surface area contributed by atoms with Crippen LogP contribution in [0.2, 0.25) is 0 Å². The number of nitrogens with one attached hydrogen (secondary N) is 1. The zero-order valence-electron chi connectivity index (χ0n) is 14.1. The topological polar surface area (TPSA) is 144 Å². The molecule has 0 aliphatic carbocycles. The first-order valence-corrected chi connectivity index (χ1v) is 10.0. The minimum Gasteiger partial charge on any atom is -0.370 e. The molecule has 0 aliphatic heterocycles. The molecule has 0 radical (unpaired) electrons. The van der Waals surface area contributed by atoms with Crippen LogP contribution in [-0.4, -0.2) is 32.8 Å². The molecular formula is C14H24N2O6S2. The van der Waals surface area contributed by atoms with Crippen molar-refractivity contribution >= 4 is 26.0 Å². The van der Waals surface area contributed by atoms with Crippen molar-refractivity contribution in [3.63, 3.8) is 0 Å². The third-order valence-corrected chi connectivity index (χ3v) is 4.96. The van der Waals surface area contributed by atoms with Crippen LogP contribution in [0.25, 0.3) is 0 Å². The van der Waals surface area contributed by atoms with Crippen LogP contribution in [-0.2, 0) is 24.9 Å². The van der Waals surface area contributed by atoms with Crippen molar-refractivity contribution in [3.05, 3.63) is 24.3 Å². The van der Waals surface area contributed by atoms with Crippen LogP contribution in [0.5, 0.6) is 0 Å². The number of nitrogens with two attached hydrogens (primary N) is 1. The summed E-state index contributed by atoms with van der Waals surface area (Å²) in [5.41, 5.74) is 4.08. The van der Waals surface area contributed by atoms with E-state index >= 15 is 0 Å². The van der Waals surface area contributed by atoms with Gasteiger partial charge in [0.2, 0.25) is 15.9 Å². The molecule has 1 aromatic rings. The molecule has 0 heterocycles. The van der Waals surface area contributed by atoms with Crippen molar-refractivity contribution in [2.75, 3.05) is 0 Å². The summed E-state index contributed by atoms with van der Waals surface area (Å²) in [7, 11) is -8.25. The maximum atomic E-state index is 11.9. The van der Waals surface area contributed by atoms with Gasteiger partial charge in [-0.05, 0) is 45.4 Å². The van der Waals surface area contributed by atoms with E-state index < -0.39 is 30.6 Å². The Kier molecular flexibility index (Phi) is 8.03. The smallest absolute Gasteiger partial charge is 0.294 e. The van der Waals surface area contributed by atoms with E-state index in [-0.39, 0.29) is 10.8 Å². The van der Waals surface area contributed by atoms with Gasteiger partial charge in [-0.2, -0.15) is 8.42 Å². The van der Waals surface area contributed by atoms with E-state index in [0.29, 0.717) is 6.42 Å². The highest BCUT2D eigenvalue weighted by Gasteiger charge is 2.23. The first-order chi connectivity index (χ1) is 10.7. The number of sulfonamides is 1. The van der Waals surface area contributed by atoms with Crippen LogP contribution in [0, 0.1) is 0 Å². The first-order valence-electron chi connectivity index (χ1n) is 7.09. The van der Waals surface area contributed by atoms with Crippen LogP contribution < -0.4 is 10.5 Å². The van der Waals surface area contributed by atoms with Crippen molar-refractivity contribution in [1.29, 1.82) is 0 Å². The Labute approximate surface area is 143 Å². The second-order valence-corrected chi connectivity index (χ2v) is 9.13. The minimum absolute atomic E-state index is 0.211. The van der Waals surface area contributed by atoms with Crippen LogP contribution in [0.3, 0.4) is 0 Å². The molecule has 1 aromatic carbocycles. The standard InChI is InChI=1S/C10H15NO5S2.C4H9NO/c1-10(2,3)11-17(12,13)8-5-4-6-9(7-8)18(14,15)16;1-2-3-4(5)6/h4-7,11H,1-3H3,(H,14,15,16);2-3H2,1H3,(H2,5,6). The number of benzene rings is 1. The molecule has 0 bridgehead atoms. The van der Waals surface area contributed by atoms with Gasteiger partial charge in [0, 0.05) is 12.0 Å². The zero-order valence-corrected chi connectivity index (χ0v) is 15.7. The summed E-state index contributed by atoms with van der Waals surface area (Å²) in [6.45, 7) is 6.91. The van der Waals surface area contributed by atoms with Gasteiger partial charge in [-0.1, -0.05) is 13.0 Å². The van der Waals surface area contributed by atoms with Gasteiger partial charge in [-0.25, -0.2) is 13.1 Å². The molecule has 0 aliphatic rings. The number of hydrogen-bond acceptors (Lipinski definition) is 5. The lowest BCUT2D eigenvalue weighted by Gasteiger charge is -2.20. The van der Waals surface area contributed by atoms with Gasteiger partial charge in [-0.15, -0.1) is 0 Å². The number of rotatable bonds is 5. The van der Waals surface area contributed by atoms with Gasteiger partial charge in [0.25, 0.3) is 10.1 Å². The second kappa shape index (κ2) is 8.56. The Morgan fingerprint density at radius 3 is 2.00 bits per heavy atom. The number of carbonyl (C=O) groups excluding carboxylic acids is 1. The number of amides is 1. The van der Waals surface area contributed by atoms with Gasteiger partial charge in [-0.3, -0.25) is 9.35 Å². The Hall–Kier alpha value is -1.49. The van der Waals surface area contributed by atoms with Crippen LogP contribution in [0.1, 0.15) is 40.5 Å². The number of carbonyl (C=O) groups is 1. The molecule has 8 nitrogen and oxygen atoms in total. The molecule has 1 rings (SSSR count). The lowest BCUT2D eigenvalue weighted by atomic mass is 10.1. The maximum absolute atomic E-state index is 11.9. The summed E-state index contributed by atoms with van der Waals surface area (Å²) in [6, 6.07) is 4.53.